The van der Waals surface area contributed by atoms with Crippen LogP contribution in [0, 0.1) is 0 Å². The van der Waals surface area contributed by atoms with E-state index in [-0.39, 0.29) is 5.91 Å². The molecule has 1 aliphatic rings. The van der Waals surface area contributed by atoms with Gasteiger partial charge in [0.25, 0.3) is 5.91 Å². The van der Waals surface area contributed by atoms with Crippen LogP contribution in [0.3, 0.4) is 0 Å². The van der Waals surface area contributed by atoms with E-state index in [1.54, 1.807) is 32.4 Å². The molecule has 1 saturated carbocycles. The van der Waals surface area contributed by atoms with Crippen molar-refractivity contribution in [1.29, 1.82) is 0 Å². The normalized spacial score (nSPS) is 14.5. The van der Waals surface area contributed by atoms with E-state index in [1.807, 2.05) is 0 Å². The molecular weight excluding hydrogens is 332 g/mol. The third-order valence-electron chi connectivity index (χ3n) is 4.51. The van der Waals surface area contributed by atoms with Crippen LogP contribution < -0.4 is 20.1 Å². The molecule has 0 radical (unpaired) electrons. The molecule has 0 bridgehead atoms. The Balaban J connectivity index is 1.66. The second-order valence-corrected chi connectivity index (χ2v) is 6.29. The van der Waals surface area contributed by atoms with Gasteiger partial charge < -0.3 is 20.1 Å². The number of carbonyl (C=O) groups excluding carboxylic acids is 1. The van der Waals surface area contributed by atoms with Crippen LogP contribution >= 0.6 is 0 Å². The first-order valence-corrected chi connectivity index (χ1v) is 8.81. The summed E-state index contributed by atoms with van der Waals surface area (Å²) in [5.41, 5.74) is 0.908. The zero-order chi connectivity index (χ0) is 18.4. The average Bonchev–Trinajstić information content (AvgIpc) is 2.69. The molecule has 1 amide bonds. The van der Waals surface area contributed by atoms with Crippen molar-refractivity contribution in [3.8, 4) is 11.5 Å². The highest BCUT2D eigenvalue weighted by Crippen LogP contribution is 2.29. The van der Waals surface area contributed by atoms with Gasteiger partial charge in [-0.15, -0.1) is 0 Å². The van der Waals surface area contributed by atoms with Gasteiger partial charge in [0.1, 0.15) is 11.5 Å². The summed E-state index contributed by atoms with van der Waals surface area (Å²) in [5, 5.41) is 6.15. The van der Waals surface area contributed by atoms with Crippen molar-refractivity contribution in [2.75, 3.05) is 24.9 Å². The van der Waals surface area contributed by atoms with Crippen molar-refractivity contribution in [1.82, 2.24) is 9.97 Å². The van der Waals surface area contributed by atoms with Crippen LogP contribution in [0.15, 0.2) is 30.6 Å². The number of ether oxygens (including phenoxy) is 2. The Labute approximate surface area is 153 Å². The molecule has 1 aliphatic carbocycles. The molecule has 7 heteroatoms. The van der Waals surface area contributed by atoms with Gasteiger partial charge >= 0.3 is 0 Å². The number of aromatic nitrogens is 2. The lowest BCUT2D eigenvalue weighted by atomic mass is 9.96. The van der Waals surface area contributed by atoms with Gasteiger partial charge in [0.2, 0.25) is 5.95 Å². The zero-order valence-corrected chi connectivity index (χ0v) is 15.1. The number of hydrogen-bond acceptors (Lipinski definition) is 6. The topological polar surface area (TPSA) is 85.4 Å². The SMILES string of the molecule is COc1ccc(OC)c(NC(=O)c2cnc(NC3CCCCC3)nc2)c1. The molecule has 2 aromatic rings. The number of anilines is 2. The second kappa shape index (κ2) is 8.51. The fraction of sp³-hybridized carbons (Fsp3) is 0.421. The monoisotopic (exact) mass is 356 g/mol. The zero-order valence-electron chi connectivity index (χ0n) is 15.1. The van der Waals surface area contributed by atoms with Crippen molar-refractivity contribution in [2.24, 2.45) is 0 Å². The first kappa shape index (κ1) is 18.0. The Bertz CT molecular complexity index is 743. The Morgan fingerprint density at radius 1 is 1.08 bits per heavy atom. The van der Waals surface area contributed by atoms with Crippen LogP contribution in [0.2, 0.25) is 0 Å². The minimum absolute atomic E-state index is 0.305. The molecule has 0 spiro atoms. The minimum atomic E-state index is -0.305. The van der Waals surface area contributed by atoms with Crippen LogP contribution in [0.4, 0.5) is 11.6 Å². The third kappa shape index (κ3) is 4.41. The van der Waals surface area contributed by atoms with E-state index in [4.69, 9.17) is 9.47 Å². The van der Waals surface area contributed by atoms with Crippen molar-refractivity contribution < 1.29 is 14.3 Å². The number of methoxy groups -OCH3 is 2. The van der Waals surface area contributed by atoms with Gasteiger partial charge in [0.15, 0.2) is 0 Å². The van der Waals surface area contributed by atoms with Crippen LogP contribution in [-0.4, -0.2) is 36.1 Å². The molecule has 0 unspecified atom stereocenters. The molecule has 1 fully saturated rings. The Morgan fingerprint density at radius 2 is 1.81 bits per heavy atom. The molecular formula is C19H24N4O3. The third-order valence-corrected chi connectivity index (χ3v) is 4.51. The van der Waals surface area contributed by atoms with E-state index in [2.05, 4.69) is 20.6 Å². The smallest absolute Gasteiger partial charge is 0.258 e. The summed E-state index contributed by atoms with van der Waals surface area (Å²) in [6.45, 7) is 0. The Hall–Kier alpha value is -2.83. The van der Waals surface area contributed by atoms with Crippen molar-refractivity contribution in [3.05, 3.63) is 36.2 Å². The maximum Gasteiger partial charge on any atom is 0.258 e. The molecule has 0 aliphatic heterocycles. The van der Waals surface area contributed by atoms with Gasteiger partial charge in [-0.3, -0.25) is 4.79 Å². The Kier molecular flexibility index (Phi) is 5.88. The largest absolute Gasteiger partial charge is 0.497 e. The fourth-order valence-corrected chi connectivity index (χ4v) is 3.06. The van der Waals surface area contributed by atoms with Gasteiger partial charge in [-0.2, -0.15) is 0 Å². The quantitative estimate of drug-likeness (QED) is 0.824. The molecule has 1 aromatic carbocycles. The number of benzene rings is 1. The lowest BCUT2D eigenvalue weighted by Gasteiger charge is -2.22. The maximum atomic E-state index is 12.5. The first-order valence-electron chi connectivity index (χ1n) is 8.81. The highest BCUT2D eigenvalue weighted by Gasteiger charge is 2.15. The highest BCUT2D eigenvalue weighted by molar-refractivity contribution is 6.04. The highest BCUT2D eigenvalue weighted by atomic mass is 16.5. The van der Waals surface area contributed by atoms with Crippen LogP contribution in [0.25, 0.3) is 0 Å². The van der Waals surface area contributed by atoms with Crippen LogP contribution in [-0.2, 0) is 0 Å². The number of rotatable bonds is 6. The van der Waals surface area contributed by atoms with Gasteiger partial charge in [-0.25, -0.2) is 9.97 Å². The molecule has 26 heavy (non-hydrogen) atoms. The standard InChI is InChI=1S/C19H24N4O3/c1-25-15-8-9-17(26-2)16(10-15)23-18(24)13-11-20-19(21-12-13)22-14-6-4-3-5-7-14/h8-12,14H,3-7H2,1-2H3,(H,23,24)(H,20,21,22). The average molecular weight is 356 g/mol. The van der Waals surface area contributed by atoms with Gasteiger partial charge in [0.05, 0.1) is 25.5 Å². The maximum absolute atomic E-state index is 12.5. The van der Waals surface area contributed by atoms with E-state index in [0.717, 1.165) is 12.8 Å². The fourth-order valence-electron chi connectivity index (χ4n) is 3.06. The molecule has 7 nitrogen and oxygen atoms in total. The summed E-state index contributed by atoms with van der Waals surface area (Å²) >= 11 is 0. The van der Waals surface area contributed by atoms with Crippen molar-refractivity contribution in [2.45, 2.75) is 38.1 Å². The minimum Gasteiger partial charge on any atom is -0.497 e. The molecule has 3 rings (SSSR count). The lowest BCUT2D eigenvalue weighted by molar-refractivity contribution is 0.102. The molecule has 0 saturated heterocycles. The van der Waals surface area contributed by atoms with Crippen LogP contribution in [0.1, 0.15) is 42.5 Å². The number of amides is 1. The van der Waals surface area contributed by atoms with Gasteiger partial charge in [-0.1, -0.05) is 19.3 Å². The van der Waals surface area contributed by atoms with Gasteiger partial charge in [-0.05, 0) is 25.0 Å². The summed E-state index contributed by atoms with van der Waals surface area (Å²) in [6.07, 6.45) is 9.11. The number of carbonyl (C=O) groups is 1. The molecule has 138 valence electrons. The number of nitrogens with one attached hydrogen (secondary N) is 2. The molecule has 2 N–H and O–H groups in total. The van der Waals surface area contributed by atoms with E-state index >= 15 is 0 Å². The summed E-state index contributed by atoms with van der Waals surface area (Å²) in [5.74, 6) is 1.44. The van der Waals surface area contributed by atoms with E-state index < -0.39 is 0 Å². The van der Waals surface area contributed by atoms with E-state index in [1.165, 1.54) is 31.7 Å². The summed E-state index contributed by atoms with van der Waals surface area (Å²) in [7, 11) is 3.12. The van der Waals surface area contributed by atoms with Gasteiger partial charge in [0, 0.05) is 24.5 Å². The first-order chi connectivity index (χ1) is 12.7. The van der Waals surface area contributed by atoms with Crippen molar-refractivity contribution in [3.63, 3.8) is 0 Å². The number of hydrogen-bond donors (Lipinski definition) is 2. The van der Waals surface area contributed by atoms with Crippen molar-refractivity contribution >= 4 is 17.5 Å². The van der Waals surface area contributed by atoms with E-state index in [0.29, 0.717) is 34.7 Å². The molecule has 1 aromatic heterocycles. The molecule has 0 atom stereocenters. The predicted octanol–water partition coefficient (Wildman–Crippen LogP) is 3.49. The van der Waals surface area contributed by atoms with Crippen LogP contribution in [0.5, 0.6) is 11.5 Å². The number of nitrogens with zero attached hydrogens (tertiary/aromatic N) is 2. The Morgan fingerprint density at radius 3 is 2.46 bits per heavy atom. The summed E-state index contributed by atoms with van der Waals surface area (Å²) in [6, 6.07) is 5.63. The second-order valence-electron chi connectivity index (χ2n) is 6.29. The predicted molar refractivity (Wildman–Crippen MR) is 100 cm³/mol. The summed E-state index contributed by atoms with van der Waals surface area (Å²) < 4.78 is 10.5. The summed E-state index contributed by atoms with van der Waals surface area (Å²) in [4.78, 5) is 21.0. The van der Waals surface area contributed by atoms with E-state index in [9.17, 15) is 4.79 Å². The molecule has 1 heterocycles. The lowest BCUT2D eigenvalue weighted by Crippen LogP contribution is -2.23.